The maximum atomic E-state index is 5.19. The summed E-state index contributed by atoms with van der Waals surface area (Å²) in [6.07, 6.45) is 0. The fraction of sp³-hybridized carbons (Fsp3) is 0. The number of hydrogen-bond donors (Lipinski definition) is 0. The topological polar surface area (TPSA) is 27.2 Å². The molecule has 0 fully saturated rings. The fourth-order valence-electron chi connectivity index (χ4n) is 8.15. The van der Waals surface area contributed by atoms with Crippen molar-refractivity contribution in [3.05, 3.63) is 170 Å². The van der Waals surface area contributed by atoms with Crippen LogP contribution in [0.4, 0.5) is 0 Å². The zero-order valence-electron chi connectivity index (χ0n) is 26.5. The smallest absolute Gasteiger partial charge is 0.145 e. The third-order valence-electron chi connectivity index (χ3n) is 10.2. The van der Waals surface area contributed by atoms with Gasteiger partial charge in [0.1, 0.15) is 5.82 Å². The standard InChI is InChI=1S/C45H28N4/c1-2-14-30(15-3-1)48-42-24-11-8-21-38(42)46-45(48)29-13-12-16-31(27-29)47-39-22-9-7-20-35(39)36-25-26-41-37(44(36)47)28-43-34-19-5-4-17-32(34)33-18-6-10-23-40(33)49(41)43/h1-28H. The van der Waals surface area contributed by atoms with Crippen LogP contribution in [0.2, 0.25) is 0 Å². The average Bonchev–Trinajstić information content (AvgIpc) is 3.86. The van der Waals surface area contributed by atoms with Crippen LogP contribution in [0.1, 0.15) is 0 Å². The average molecular weight is 625 g/mol. The summed E-state index contributed by atoms with van der Waals surface area (Å²) in [5, 5.41) is 7.52. The Morgan fingerprint density at radius 2 is 0.959 bits per heavy atom. The molecule has 0 aliphatic heterocycles. The van der Waals surface area contributed by atoms with Gasteiger partial charge in [-0.15, -0.1) is 0 Å². The van der Waals surface area contributed by atoms with Crippen LogP contribution in [0.25, 0.3) is 93.7 Å². The summed E-state index contributed by atoms with van der Waals surface area (Å²) in [5.41, 5.74) is 11.4. The summed E-state index contributed by atoms with van der Waals surface area (Å²) >= 11 is 0. The molecule has 0 aliphatic rings. The number of rotatable bonds is 3. The Labute approximate surface area is 281 Å². The monoisotopic (exact) mass is 624 g/mol. The van der Waals surface area contributed by atoms with Gasteiger partial charge in [0.15, 0.2) is 0 Å². The quantitative estimate of drug-likeness (QED) is 0.180. The highest BCUT2D eigenvalue weighted by atomic mass is 15.1. The molecule has 0 amide bonds. The van der Waals surface area contributed by atoms with Gasteiger partial charge >= 0.3 is 0 Å². The lowest BCUT2D eigenvalue weighted by molar-refractivity contribution is 1.10. The molecule has 4 aromatic heterocycles. The van der Waals surface area contributed by atoms with Crippen molar-refractivity contribution in [2.75, 3.05) is 0 Å². The highest BCUT2D eigenvalue weighted by molar-refractivity contribution is 6.22. The fourth-order valence-corrected chi connectivity index (χ4v) is 8.15. The van der Waals surface area contributed by atoms with Crippen LogP contribution < -0.4 is 0 Å². The lowest BCUT2D eigenvalue weighted by Crippen LogP contribution is -1.99. The Bertz CT molecular complexity index is 3100. The third kappa shape index (κ3) is 3.66. The van der Waals surface area contributed by atoms with E-state index in [-0.39, 0.29) is 0 Å². The molecule has 49 heavy (non-hydrogen) atoms. The molecule has 0 atom stereocenters. The zero-order chi connectivity index (χ0) is 32.1. The number of imidazole rings is 1. The Morgan fingerprint density at radius 3 is 1.78 bits per heavy atom. The van der Waals surface area contributed by atoms with E-state index in [1.54, 1.807) is 0 Å². The minimum Gasteiger partial charge on any atom is -0.309 e. The van der Waals surface area contributed by atoms with Crippen molar-refractivity contribution in [2.24, 2.45) is 0 Å². The normalized spacial score (nSPS) is 12.1. The molecule has 4 nitrogen and oxygen atoms in total. The van der Waals surface area contributed by atoms with Crippen LogP contribution in [0.5, 0.6) is 0 Å². The first kappa shape index (κ1) is 26.4. The predicted molar refractivity (Wildman–Crippen MR) is 204 cm³/mol. The molecule has 0 radical (unpaired) electrons. The minimum atomic E-state index is 0.924. The molecule has 0 saturated carbocycles. The van der Waals surface area contributed by atoms with Gasteiger partial charge in [-0.3, -0.25) is 4.57 Å². The van der Waals surface area contributed by atoms with Gasteiger partial charge in [-0.2, -0.15) is 0 Å². The molecule has 228 valence electrons. The maximum Gasteiger partial charge on any atom is 0.145 e. The molecule has 0 N–H and O–H groups in total. The first-order valence-electron chi connectivity index (χ1n) is 16.7. The van der Waals surface area contributed by atoms with Crippen LogP contribution in [-0.2, 0) is 0 Å². The molecule has 0 aliphatic carbocycles. The van der Waals surface area contributed by atoms with Crippen molar-refractivity contribution >= 4 is 70.9 Å². The second-order valence-corrected chi connectivity index (χ2v) is 12.8. The molecular formula is C45H28N4. The molecule has 0 spiro atoms. The molecule has 4 heteroatoms. The molecule has 0 bridgehead atoms. The molecule has 0 saturated heterocycles. The van der Waals surface area contributed by atoms with E-state index in [2.05, 4.69) is 183 Å². The summed E-state index contributed by atoms with van der Waals surface area (Å²) in [7, 11) is 0. The van der Waals surface area contributed by atoms with E-state index in [0.29, 0.717) is 0 Å². The van der Waals surface area contributed by atoms with E-state index < -0.39 is 0 Å². The Morgan fingerprint density at radius 1 is 0.347 bits per heavy atom. The first-order valence-corrected chi connectivity index (χ1v) is 16.7. The molecule has 11 aromatic rings. The van der Waals surface area contributed by atoms with Gasteiger partial charge < -0.3 is 8.97 Å². The van der Waals surface area contributed by atoms with Crippen molar-refractivity contribution in [1.29, 1.82) is 0 Å². The summed E-state index contributed by atoms with van der Waals surface area (Å²) < 4.78 is 7.18. The van der Waals surface area contributed by atoms with Gasteiger partial charge in [0, 0.05) is 43.9 Å². The van der Waals surface area contributed by atoms with Crippen molar-refractivity contribution in [2.45, 2.75) is 0 Å². The SMILES string of the molecule is c1ccc(-n2c(-c3cccc(-n4c5ccccc5c5ccc6c(cc7c8ccccc8c8ccccc8n76)c54)c3)nc3ccccc32)cc1. The van der Waals surface area contributed by atoms with E-state index in [0.717, 1.165) is 33.8 Å². The number of pyridine rings is 1. The van der Waals surface area contributed by atoms with Crippen LogP contribution in [-0.4, -0.2) is 18.5 Å². The van der Waals surface area contributed by atoms with E-state index >= 15 is 0 Å². The highest BCUT2D eigenvalue weighted by Crippen LogP contribution is 2.41. The Hall–Kier alpha value is -6.65. The first-order chi connectivity index (χ1) is 24.3. The Balaban J connectivity index is 1.25. The van der Waals surface area contributed by atoms with E-state index in [1.165, 1.54) is 59.9 Å². The van der Waals surface area contributed by atoms with Gasteiger partial charge in [0.2, 0.25) is 0 Å². The molecular weight excluding hydrogens is 597 g/mol. The molecule has 0 unspecified atom stereocenters. The molecule has 4 heterocycles. The number of para-hydroxylation sites is 5. The summed E-state index contributed by atoms with van der Waals surface area (Å²) in [6.45, 7) is 0. The highest BCUT2D eigenvalue weighted by Gasteiger charge is 2.20. The van der Waals surface area contributed by atoms with Crippen molar-refractivity contribution in [3.8, 4) is 22.8 Å². The summed E-state index contributed by atoms with van der Waals surface area (Å²) in [4.78, 5) is 5.19. The second kappa shape index (κ2) is 9.93. The lowest BCUT2D eigenvalue weighted by Gasteiger charge is -2.13. The van der Waals surface area contributed by atoms with Gasteiger partial charge in [-0.1, -0.05) is 109 Å². The van der Waals surface area contributed by atoms with Gasteiger partial charge in [-0.05, 0) is 66.0 Å². The summed E-state index contributed by atoms with van der Waals surface area (Å²) in [6, 6.07) is 61.2. The van der Waals surface area contributed by atoms with E-state index in [1.807, 2.05) is 0 Å². The lowest BCUT2D eigenvalue weighted by atomic mass is 10.1. The maximum absolute atomic E-state index is 5.19. The molecule has 7 aromatic carbocycles. The van der Waals surface area contributed by atoms with Gasteiger partial charge in [-0.25, -0.2) is 4.98 Å². The number of benzene rings is 7. The van der Waals surface area contributed by atoms with E-state index in [9.17, 15) is 0 Å². The second-order valence-electron chi connectivity index (χ2n) is 12.8. The zero-order valence-corrected chi connectivity index (χ0v) is 26.5. The van der Waals surface area contributed by atoms with Crippen molar-refractivity contribution in [1.82, 2.24) is 18.5 Å². The summed E-state index contributed by atoms with van der Waals surface area (Å²) in [5.74, 6) is 0.924. The van der Waals surface area contributed by atoms with Crippen molar-refractivity contribution in [3.63, 3.8) is 0 Å². The van der Waals surface area contributed by atoms with Gasteiger partial charge in [0.25, 0.3) is 0 Å². The van der Waals surface area contributed by atoms with E-state index in [4.69, 9.17) is 4.98 Å². The number of hydrogen-bond acceptors (Lipinski definition) is 1. The van der Waals surface area contributed by atoms with Gasteiger partial charge in [0.05, 0.1) is 38.6 Å². The largest absolute Gasteiger partial charge is 0.309 e. The Kier molecular flexibility index (Phi) is 5.35. The minimum absolute atomic E-state index is 0.924. The molecule has 11 rings (SSSR count). The predicted octanol–water partition coefficient (Wildman–Crippen LogP) is 11.5. The number of fused-ring (bicyclic) bond motifs is 13. The van der Waals surface area contributed by atoms with Crippen LogP contribution in [0.3, 0.4) is 0 Å². The van der Waals surface area contributed by atoms with Crippen LogP contribution in [0, 0.1) is 0 Å². The number of aromatic nitrogens is 4. The van der Waals surface area contributed by atoms with Crippen molar-refractivity contribution < 1.29 is 0 Å². The van der Waals surface area contributed by atoms with Crippen LogP contribution >= 0.6 is 0 Å². The third-order valence-corrected chi connectivity index (χ3v) is 10.2. The number of nitrogens with zero attached hydrogens (tertiary/aromatic N) is 4. The van der Waals surface area contributed by atoms with Crippen LogP contribution in [0.15, 0.2) is 170 Å².